The molecule has 0 saturated carbocycles. The second-order valence-electron chi connectivity index (χ2n) is 7.60. The number of anilines is 1. The summed E-state index contributed by atoms with van der Waals surface area (Å²) >= 11 is 2.55. The number of carbonyl (C=O) groups is 1. The predicted molar refractivity (Wildman–Crippen MR) is 122 cm³/mol. The van der Waals surface area contributed by atoms with E-state index < -0.39 is 10.0 Å². The second-order valence-corrected chi connectivity index (χ2v) is 10.9. The summed E-state index contributed by atoms with van der Waals surface area (Å²) in [6.07, 6.45) is 0.912. The van der Waals surface area contributed by atoms with Gasteiger partial charge in [0.05, 0.1) is 27.5 Å². The fourth-order valence-corrected chi connectivity index (χ4v) is 7.11. The van der Waals surface area contributed by atoms with Gasteiger partial charge in [-0.2, -0.15) is 13.1 Å². The lowest BCUT2D eigenvalue weighted by Gasteiger charge is -2.36. The van der Waals surface area contributed by atoms with Crippen LogP contribution in [0.1, 0.15) is 19.8 Å². The number of benzene rings is 2. The van der Waals surface area contributed by atoms with Crippen LogP contribution in [-0.4, -0.2) is 44.9 Å². The summed E-state index contributed by atoms with van der Waals surface area (Å²) in [6.45, 7) is 2.12. The van der Waals surface area contributed by atoms with E-state index in [2.05, 4.69) is 19.0 Å². The highest BCUT2D eigenvalue weighted by Gasteiger charge is 2.38. The summed E-state index contributed by atoms with van der Waals surface area (Å²) in [5.74, 6) is -0.353. The van der Waals surface area contributed by atoms with Gasteiger partial charge in [-0.3, -0.25) is 4.79 Å². The zero-order valence-corrected chi connectivity index (χ0v) is 19.0. The molecule has 0 spiro atoms. The zero-order valence-electron chi connectivity index (χ0n) is 16.6. The molecule has 1 saturated heterocycles. The molecule has 1 fully saturated rings. The van der Waals surface area contributed by atoms with E-state index in [1.165, 1.54) is 4.31 Å². The minimum absolute atomic E-state index is 0.0933. The van der Waals surface area contributed by atoms with E-state index in [4.69, 9.17) is 0 Å². The number of rotatable bonds is 4. The minimum atomic E-state index is -3.73. The quantitative estimate of drug-likeness (QED) is 0.484. The number of nitrogens with one attached hydrogen (secondary N) is 1. The average molecular weight is 474 g/mol. The van der Waals surface area contributed by atoms with Gasteiger partial charge in [-0.05, 0) is 50.1 Å². The van der Waals surface area contributed by atoms with Crippen molar-refractivity contribution in [1.29, 1.82) is 0 Å². The zero-order chi connectivity index (χ0) is 21.6. The van der Waals surface area contributed by atoms with Crippen LogP contribution in [0.3, 0.4) is 0 Å². The number of piperidine rings is 1. The number of amides is 1. The number of nitrogens with zero attached hydrogens (tertiary/aromatic N) is 4. The van der Waals surface area contributed by atoms with Gasteiger partial charge in [-0.25, -0.2) is 13.4 Å². The van der Waals surface area contributed by atoms with Gasteiger partial charge in [0, 0.05) is 24.2 Å². The number of thiazole rings is 1. The van der Waals surface area contributed by atoms with Crippen molar-refractivity contribution in [3.8, 4) is 0 Å². The topological polar surface area (TPSA) is 105 Å². The third-order valence-corrected chi connectivity index (χ3v) is 9.02. The van der Waals surface area contributed by atoms with E-state index >= 15 is 0 Å². The van der Waals surface area contributed by atoms with Gasteiger partial charge in [-0.1, -0.05) is 6.07 Å². The molecule has 0 radical (unpaired) electrons. The summed E-state index contributed by atoms with van der Waals surface area (Å²) in [6, 6.07) is 10.4. The number of hydrogen-bond donors (Lipinski definition) is 1. The van der Waals surface area contributed by atoms with Gasteiger partial charge >= 0.3 is 0 Å². The molecule has 0 bridgehead atoms. The molecule has 4 aromatic rings. The lowest BCUT2D eigenvalue weighted by atomic mass is 9.92. The van der Waals surface area contributed by atoms with Crippen molar-refractivity contribution in [2.24, 2.45) is 5.92 Å². The van der Waals surface area contributed by atoms with Gasteiger partial charge in [0.15, 0.2) is 0 Å². The molecule has 5 rings (SSSR count). The molecular weight excluding hydrogens is 454 g/mol. The Balaban J connectivity index is 1.31. The number of sulfonamides is 1. The van der Waals surface area contributed by atoms with E-state index in [0.717, 1.165) is 21.9 Å². The summed E-state index contributed by atoms with van der Waals surface area (Å²) in [5.41, 5.74) is 4.30. The van der Waals surface area contributed by atoms with Crippen LogP contribution in [0.2, 0.25) is 0 Å². The SMILES string of the molecule is C[C@H]1C[C@@H](C(=O)Nc2ccc3scnc3c2)CCN1S(=O)(=O)c1cccc2nsnc12. The maximum Gasteiger partial charge on any atom is 0.245 e. The van der Waals surface area contributed by atoms with Crippen molar-refractivity contribution >= 4 is 65.9 Å². The van der Waals surface area contributed by atoms with Gasteiger partial charge in [0.25, 0.3) is 0 Å². The van der Waals surface area contributed by atoms with E-state index in [1.807, 2.05) is 25.1 Å². The maximum absolute atomic E-state index is 13.3. The molecule has 2 atom stereocenters. The first-order valence-electron chi connectivity index (χ1n) is 9.81. The fourth-order valence-electron chi connectivity index (χ4n) is 4.04. The molecule has 11 heteroatoms. The molecule has 8 nitrogen and oxygen atoms in total. The molecule has 31 heavy (non-hydrogen) atoms. The van der Waals surface area contributed by atoms with Crippen molar-refractivity contribution in [2.75, 3.05) is 11.9 Å². The molecule has 2 aromatic carbocycles. The Bertz CT molecular complexity index is 1380. The van der Waals surface area contributed by atoms with Crippen LogP contribution in [0.5, 0.6) is 0 Å². The molecule has 160 valence electrons. The smallest absolute Gasteiger partial charge is 0.245 e. The highest BCUT2D eigenvalue weighted by Crippen LogP contribution is 2.32. The molecule has 1 N–H and O–H groups in total. The number of carbonyl (C=O) groups excluding carboxylic acids is 1. The van der Waals surface area contributed by atoms with Crippen LogP contribution in [0.25, 0.3) is 21.3 Å². The Kier molecular flexibility index (Phi) is 5.21. The molecule has 1 amide bonds. The first-order chi connectivity index (χ1) is 14.9. The van der Waals surface area contributed by atoms with Crippen LogP contribution < -0.4 is 5.32 Å². The van der Waals surface area contributed by atoms with Crippen LogP contribution in [0, 0.1) is 5.92 Å². The van der Waals surface area contributed by atoms with E-state index in [0.29, 0.717) is 29.6 Å². The first kappa shape index (κ1) is 20.4. The van der Waals surface area contributed by atoms with Crippen LogP contribution in [0.4, 0.5) is 5.69 Å². The Labute approximate surface area is 187 Å². The molecular formula is C20H19N5O3S3. The second kappa shape index (κ2) is 7.90. The Morgan fingerprint density at radius 2 is 2.06 bits per heavy atom. The molecule has 0 unspecified atom stereocenters. The first-order valence-corrected chi connectivity index (χ1v) is 12.9. The van der Waals surface area contributed by atoms with Crippen molar-refractivity contribution in [3.05, 3.63) is 41.9 Å². The average Bonchev–Trinajstić information content (AvgIpc) is 3.42. The number of hydrogen-bond acceptors (Lipinski definition) is 8. The monoisotopic (exact) mass is 473 g/mol. The summed E-state index contributed by atoms with van der Waals surface area (Å²) < 4.78 is 37.5. The van der Waals surface area contributed by atoms with Gasteiger partial charge < -0.3 is 5.32 Å². The third-order valence-electron chi connectivity index (χ3n) is 5.62. The van der Waals surface area contributed by atoms with Gasteiger partial charge in [0.2, 0.25) is 15.9 Å². The molecule has 2 aromatic heterocycles. The van der Waals surface area contributed by atoms with E-state index in [-0.39, 0.29) is 29.3 Å². The lowest BCUT2D eigenvalue weighted by molar-refractivity contribution is -0.121. The summed E-state index contributed by atoms with van der Waals surface area (Å²) in [5, 5.41) is 2.96. The largest absolute Gasteiger partial charge is 0.326 e. The van der Waals surface area contributed by atoms with Crippen LogP contribution in [0.15, 0.2) is 46.8 Å². The van der Waals surface area contributed by atoms with Gasteiger partial charge in [0.1, 0.15) is 15.9 Å². The van der Waals surface area contributed by atoms with E-state index in [9.17, 15) is 13.2 Å². The standard InChI is InChI=1S/C20H19N5O3S3/c1-12-9-13(20(26)22-14-5-6-17-16(10-14)21-11-29-17)7-8-25(12)31(27,28)18-4-2-3-15-19(18)24-30-23-15/h2-6,10-13H,7-9H2,1H3,(H,22,26)/t12-,13-/m0/s1. The fraction of sp³-hybridized carbons (Fsp3) is 0.300. The van der Waals surface area contributed by atoms with Crippen molar-refractivity contribution in [3.63, 3.8) is 0 Å². The molecule has 0 aliphatic carbocycles. The summed E-state index contributed by atoms with van der Waals surface area (Å²) in [4.78, 5) is 17.3. The van der Waals surface area contributed by atoms with Crippen LogP contribution in [-0.2, 0) is 14.8 Å². The lowest BCUT2D eigenvalue weighted by Crippen LogP contribution is -2.46. The Morgan fingerprint density at radius 3 is 2.90 bits per heavy atom. The van der Waals surface area contributed by atoms with Crippen molar-refractivity contribution < 1.29 is 13.2 Å². The van der Waals surface area contributed by atoms with Crippen LogP contribution >= 0.6 is 23.1 Å². The number of aromatic nitrogens is 3. The minimum Gasteiger partial charge on any atom is -0.326 e. The maximum atomic E-state index is 13.3. The van der Waals surface area contributed by atoms with Crippen molar-refractivity contribution in [1.82, 2.24) is 18.0 Å². The molecule has 1 aliphatic heterocycles. The highest BCUT2D eigenvalue weighted by atomic mass is 32.2. The van der Waals surface area contributed by atoms with Crippen molar-refractivity contribution in [2.45, 2.75) is 30.7 Å². The number of fused-ring (bicyclic) bond motifs is 2. The Hall–Kier alpha value is -2.47. The molecule has 1 aliphatic rings. The predicted octanol–water partition coefficient (Wildman–Crippen LogP) is 3.73. The Morgan fingerprint density at radius 1 is 1.19 bits per heavy atom. The molecule has 3 heterocycles. The third kappa shape index (κ3) is 3.71. The normalized spacial score (nSPS) is 20.3. The van der Waals surface area contributed by atoms with Gasteiger partial charge in [-0.15, -0.1) is 11.3 Å². The summed E-state index contributed by atoms with van der Waals surface area (Å²) in [7, 11) is -3.73. The highest BCUT2D eigenvalue weighted by molar-refractivity contribution is 7.89. The van der Waals surface area contributed by atoms with E-state index in [1.54, 1.807) is 35.0 Å².